The van der Waals surface area contributed by atoms with E-state index in [0.717, 1.165) is 42.5 Å². The lowest BCUT2D eigenvalue weighted by Gasteiger charge is -2.12. The predicted molar refractivity (Wildman–Crippen MR) is 107 cm³/mol. The van der Waals surface area contributed by atoms with Crippen LogP contribution in [0.1, 0.15) is 18.4 Å². The second-order valence-electron chi connectivity index (χ2n) is 6.51. The molecule has 1 heterocycles. The summed E-state index contributed by atoms with van der Waals surface area (Å²) in [6, 6.07) is 11.3. The first kappa shape index (κ1) is 18.9. The molecule has 0 radical (unpaired) electrons. The van der Waals surface area contributed by atoms with Gasteiger partial charge in [0.25, 0.3) is 0 Å². The van der Waals surface area contributed by atoms with Gasteiger partial charge in [-0.2, -0.15) is 0 Å². The fraction of sp³-hybridized carbons (Fsp3) is 0.217. The molecule has 138 valence electrons. The maximum atomic E-state index is 14.5. The minimum Gasteiger partial charge on any atom is -0.316 e. The van der Waals surface area contributed by atoms with Crippen LogP contribution in [0.15, 0.2) is 61.3 Å². The Morgan fingerprint density at radius 1 is 1.15 bits per heavy atom. The van der Waals surface area contributed by atoms with Crippen molar-refractivity contribution in [3.8, 4) is 17.5 Å². The number of rotatable bonds is 6. The monoisotopic (exact) mass is 364 g/mol. The molecule has 2 nitrogen and oxygen atoms in total. The summed E-state index contributed by atoms with van der Waals surface area (Å²) < 4.78 is 29.5. The van der Waals surface area contributed by atoms with Crippen molar-refractivity contribution >= 4 is 10.9 Å². The fourth-order valence-electron chi connectivity index (χ4n) is 2.99. The number of fused-ring (bicyclic) bond motifs is 1. The Kier molecular flexibility index (Phi) is 6.05. The SMILES string of the molecule is C=CCN(C)CCCC#Cc1cc2ccn(-c3ccc(F)cc3)c2cc1F. The highest BCUT2D eigenvalue weighted by molar-refractivity contribution is 5.83. The summed E-state index contributed by atoms with van der Waals surface area (Å²) >= 11 is 0. The molecule has 27 heavy (non-hydrogen) atoms. The molecule has 0 spiro atoms. The van der Waals surface area contributed by atoms with Crippen molar-refractivity contribution in [2.45, 2.75) is 12.8 Å². The Morgan fingerprint density at radius 3 is 2.67 bits per heavy atom. The maximum Gasteiger partial charge on any atom is 0.140 e. The summed E-state index contributed by atoms with van der Waals surface area (Å²) in [5.74, 6) is 5.36. The molecule has 0 saturated heterocycles. The molecule has 2 aromatic carbocycles. The topological polar surface area (TPSA) is 8.17 Å². The lowest BCUT2D eigenvalue weighted by molar-refractivity contribution is 0.366. The van der Waals surface area contributed by atoms with E-state index in [-0.39, 0.29) is 11.6 Å². The van der Waals surface area contributed by atoms with Crippen LogP contribution in [0.4, 0.5) is 8.78 Å². The van der Waals surface area contributed by atoms with Crippen LogP contribution in [0.5, 0.6) is 0 Å². The Hall–Kier alpha value is -2.90. The molecule has 0 aliphatic rings. The molecule has 0 atom stereocenters. The van der Waals surface area contributed by atoms with Gasteiger partial charge < -0.3 is 9.47 Å². The van der Waals surface area contributed by atoms with Crippen molar-refractivity contribution in [3.05, 3.63) is 78.5 Å². The summed E-state index contributed by atoms with van der Waals surface area (Å²) in [5.41, 5.74) is 1.92. The van der Waals surface area contributed by atoms with Crippen molar-refractivity contribution in [1.82, 2.24) is 9.47 Å². The van der Waals surface area contributed by atoms with Crippen LogP contribution in [-0.4, -0.2) is 29.6 Å². The number of likely N-dealkylation sites (N-methyl/N-ethyl adjacent to an activating group) is 1. The number of unbranched alkanes of at least 4 members (excludes halogenated alkanes) is 1. The van der Waals surface area contributed by atoms with Crippen molar-refractivity contribution in [2.24, 2.45) is 0 Å². The fourth-order valence-corrected chi connectivity index (χ4v) is 2.99. The molecule has 0 fully saturated rings. The van der Waals surface area contributed by atoms with Crippen LogP contribution in [0.2, 0.25) is 0 Å². The quantitative estimate of drug-likeness (QED) is 0.333. The third-order valence-corrected chi connectivity index (χ3v) is 4.39. The van der Waals surface area contributed by atoms with Crippen LogP contribution >= 0.6 is 0 Å². The lowest BCUT2D eigenvalue weighted by atomic mass is 10.1. The summed E-state index contributed by atoms with van der Waals surface area (Å²) in [6.45, 7) is 5.50. The zero-order valence-electron chi connectivity index (χ0n) is 15.4. The molecule has 0 bridgehead atoms. The average molecular weight is 364 g/mol. The van der Waals surface area contributed by atoms with Gasteiger partial charge in [-0.1, -0.05) is 17.9 Å². The summed E-state index contributed by atoms with van der Waals surface area (Å²) in [5, 5.41) is 0.899. The van der Waals surface area contributed by atoms with Crippen molar-refractivity contribution in [1.29, 1.82) is 0 Å². The maximum absolute atomic E-state index is 14.5. The number of benzene rings is 2. The van der Waals surface area contributed by atoms with Crippen molar-refractivity contribution in [3.63, 3.8) is 0 Å². The molecule has 3 rings (SSSR count). The van der Waals surface area contributed by atoms with Gasteiger partial charge in [-0.15, -0.1) is 6.58 Å². The van der Waals surface area contributed by atoms with Gasteiger partial charge in [0.1, 0.15) is 11.6 Å². The molecule has 0 N–H and O–H groups in total. The first-order valence-electron chi connectivity index (χ1n) is 8.93. The third kappa shape index (κ3) is 4.64. The first-order valence-corrected chi connectivity index (χ1v) is 8.93. The van der Waals surface area contributed by atoms with Gasteiger partial charge in [0.15, 0.2) is 0 Å². The van der Waals surface area contributed by atoms with E-state index in [9.17, 15) is 8.78 Å². The summed E-state index contributed by atoms with van der Waals surface area (Å²) in [4.78, 5) is 2.17. The van der Waals surface area contributed by atoms with Crippen LogP contribution in [0.3, 0.4) is 0 Å². The van der Waals surface area contributed by atoms with E-state index in [2.05, 4.69) is 23.3 Å². The molecular formula is C23H22F2N2. The van der Waals surface area contributed by atoms with Gasteiger partial charge in [-0.05, 0) is 62.5 Å². The van der Waals surface area contributed by atoms with Gasteiger partial charge in [-0.3, -0.25) is 0 Å². The molecule has 0 aliphatic carbocycles. The molecule has 1 aromatic heterocycles. The van der Waals surface area contributed by atoms with E-state index >= 15 is 0 Å². The highest BCUT2D eigenvalue weighted by atomic mass is 19.1. The zero-order chi connectivity index (χ0) is 19.2. The highest BCUT2D eigenvalue weighted by Gasteiger charge is 2.08. The minimum atomic E-state index is -0.346. The zero-order valence-corrected chi connectivity index (χ0v) is 15.4. The van der Waals surface area contributed by atoms with Crippen molar-refractivity contribution in [2.75, 3.05) is 20.1 Å². The van der Waals surface area contributed by atoms with Crippen LogP contribution in [-0.2, 0) is 0 Å². The van der Waals surface area contributed by atoms with E-state index in [1.165, 1.54) is 18.2 Å². The normalized spacial score (nSPS) is 10.8. The van der Waals surface area contributed by atoms with Gasteiger partial charge >= 0.3 is 0 Å². The lowest BCUT2D eigenvalue weighted by Crippen LogP contribution is -2.19. The summed E-state index contributed by atoms with van der Waals surface area (Å²) in [7, 11) is 2.04. The largest absolute Gasteiger partial charge is 0.316 e. The molecule has 0 unspecified atom stereocenters. The number of nitrogens with zero attached hydrogens (tertiary/aromatic N) is 2. The number of halogens is 2. The summed E-state index contributed by atoms with van der Waals surface area (Å²) in [6.07, 6.45) is 5.37. The van der Waals surface area contributed by atoms with Gasteiger partial charge in [0, 0.05) is 30.2 Å². The third-order valence-electron chi connectivity index (χ3n) is 4.39. The number of hydrogen-bond donors (Lipinski definition) is 0. The van der Waals surface area contributed by atoms with Gasteiger partial charge in [0.05, 0.1) is 11.1 Å². The molecule has 0 amide bonds. The Labute approximate surface area is 158 Å². The molecule has 3 aromatic rings. The van der Waals surface area contributed by atoms with Crippen LogP contribution in [0.25, 0.3) is 16.6 Å². The van der Waals surface area contributed by atoms with Crippen LogP contribution < -0.4 is 0 Å². The van der Waals surface area contributed by atoms with E-state index in [0.29, 0.717) is 5.56 Å². The predicted octanol–water partition coefficient (Wildman–Crippen LogP) is 5.16. The number of hydrogen-bond acceptors (Lipinski definition) is 1. The first-order chi connectivity index (χ1) is 13.1. The van der Waals surface area contributed by atoms with E-state index < -0.39 is 0 Å². The number of aromatic nitrogens is 1. The molecule has 0 aliphatic heterocycles. The second-order valence-corrected chi connectivity index (χ2v) is 6.51. The van der Waals surface area contributed by atoms with Crippen molar-refractivity contribution < 1.29 is 8.78 Å². The molecule has 0 saturated carbocycles. The second kappa shape index (κ2) is 8.66. The van der Waals surface area contributed by atoms with Gasteiger partial charge in [-0.25, -0.2) is 8.78 Å². The highest BCUT2D eigenvalue weighted by Crippen LogP contribution is 2.23. The Balaban J connectivity index is 1.76. The Morgan fingerprint density at radius 2 is 1.93 bits per heavy atom. The standard InChI is InChI=1S/C23H22F2N2/c1-3-13-26(2)14-6-4-5-7-18-16-19-12-15-27(23(19)17-22(18)25)21-10-8-20(24)9-11-21/h3,8-12,15-17H,1,4,6,13-14H2,2H3. The average Bonchev–Trinajstić information content (AvgIpc) is 3.05. The smallest absolute Gasteiger partial charge is 0.140 e. The van der Waals surface area contributed by atoms with Gasteiger partial charge in [0.2, 0.25) is 0 Å². The van der Waals surface area contributed by atoms with E-state index in [1.54, 1.807) is 18.2 Å². The minimum absolute atomic E-state index is 0.297. The molecular weight excluding hydrogens is 342 g/mol. The van der Waals surface area contributed by atoms with Crippen LogP contribution in [0, 0.1) is 23.5 Å². The Bertz CT molecular complexity index is 991. The van der Waals surface area contributed by atoms with E-state index in [4.69, 9.17) is 0 Å². The van der Waals surface area contributed by atoms with E-state index in [1.807, 2.05) is 30.0 Å². The molecule has 4 heteroatoms.